The van der Waals surface area contributed by atoms with E-state index in [9.17, 15) is 4.79 Å². The maximum atomic E-state index is 11.0. The lowest BCUT2D eigenvalue weighted by Gasteiger charge is -2.28. The molecule has 0 saturated carbocycles. The molecule has 1 aliphatic rings. The lowest BCUT2D eigenvalue weighted by Crippen LogP contribution is -2.22. The molecule has 0 fully saturated rings. The lowest BCUT2D eigenvalue weighted by molar-refractivity contribution is -0.134. The largest absolute Gasteiger partial charge is 0.466 e. The van der Waals surface area contributed by atoms with E-state index in [1.807, 2.05) is 12.3 Å². The van der Waals surface area contributed by atoms with Crippen molar-refractivity contribution in [2.24, 2.45) is 0 Å². The van der Waals surface area contributed by atoms with Crippen LogP contribution in [0.4, 0.5) is 0 Å². The van der Waals surface area contributed by atoms with Crippen molar-refractivity contribution in [1.82, 2.24) is 4.98 Å². The summed E-state index contributed by atoms with van der Waals surface area (Å²) in [6.07, 6.45) is 11.5. The summed E-state index contributed by atoms with van der Waals surface area (Å²) in [5, 5.41) is 0. The number of carbonyl (C=O) groups is 1. The van der Waals surface area contributed by atoms with Crippen molar-refractivity contribution in [2.45, 2.75) is 25.2 Å². The molecular weight excluding hydrogens is 214 g/mol. The maximum Gasteiger partial charge on any atom is 0.330 e. The molecule has 0 aliphatic heterocycles. The van der Waals surface area contributed by atoms with Crippen LogP contribution in [0.5, 0.6) is 0 Å². The van der Waals surface area contributed by atoms with Gasteiger partial charge in [0.2, 0.25) is 0 Å². The normalized spacial score (nSPS) is 22.7. The number of rotatable bonds is 3. The van der Waals surface area contributed by atoms with Crippen molar-refractivity contribution >= 4 is 5.97 Å². The highest BCUT2D eigenvalue weighted by molar-refractivity contribution is 5.81. The van der Waals surface area contributed by atoms with Crippen molar-refractivity contribution in [2.75, 3.05) is 7.11 Å². The van der Waals surface area contributed by atoms with Gasteiger partial charge in [0.25, 0.3) is 0 Å². The summed E-state index contributed by atoms with van der Waals surface area (Å²) in [4.78, 5) is 14.3. The Hall–Kier alpha value is -1.77. The Balaban J connectivity index is 2.14. The van der Waals surface area contributed by atoms with Gasteiger partial charge in [-0.1, -0.05) is 25.2 Å². The van der Waals surface area contributed by atoms with Crippen LogP contribution in [0.25, 0.3) is 0 Å². The van der Waals surface area contributed by atoms with Crippen LogP contribution in [-0.2, 0) is 21.4 Å². The molecule has 90 valence electrons. The number of aromatic nitrogens is 1. The topological polar surface area (TPSA) is 42.1 Å². The van der Waals surface area contributed by atoms with Crippen LogP contribution >= 0.6 is 0 Å². The monoisotopic (exact) mass is 231 g/mol. The zero-order valence-electron chi connectivity index (χ0n) is 10.2. The Morgan fingerprint density at radius 2 is 2.47 bits per heavy atom. The van der Waals surface area contributed by atoms with E-state index in [0.29, 0.717) is 0 Å². The number of allylic oxidation sites excluding steroid dienone is 3. The molecule has 1 aromatic heterocycles. The predicted molar refractivity (Wildman–Crippen MR) is 66.8 cm³/mol. The SMILES string of the molecule is COC(=O)/C=C/CC1(C)C=CCc2[nH]ccc21. The van der Waals surface area contributed by atoms with Crippen molar-refractivity contribution in [1.29, 1.82) is 0 Å². The van der Waals surface area contributed by atoms with Crippen LogP contribution in [0.1, 0.15) is 24.6 Å². The number of hydrogen-bond donors (Lipinski definition) is 1. The molecule has 17 heavy (non-hydrogen) atoms. The zero-order chi connectivity index (χ0) is 12.3. The van der Waals surface area contributed by atoms with Gasteiger partial charge in [0.05, 0.1) is 7.11 Å². The van der Waals surface area contributed by atoms with Crippen LogP contribution in [0, 0.1) is 0 Å². The molecule has 3 heteroatoms. The van der Waals surface area contributed by atoms with Crippen molar-refractivity contribution in [3.05, 3.63) is 47.8 Å². The van der Waals surface area contributed by atoms with Crippen LogP contribution in [0.15, 0.2) is 36.6 Å². The third-order valence-corrected chi connectivity index (χ3v) is 3.25. The van der Waals surface area contributed by atoms with Gasteiger partial charge in [-0.25, -0.2) is 4.79 Å². The number of methoxy groups -OCH3 is 1. The zero-order valence-corrected chi connectivity index (χ0v) is 10.2. The Bertz CT molecular complexity index is 470. The van der Waals surface area contributed by atoms with Gasteiger partial charge in [0, 0.05) is 29.8 Å². The van der Waals surface area contributed by atoms with Crippen LogP contribution in [0.3, 0.4) is 0 Å². The molecular formula is C14H17NO2. The summed E-state index contributed by atoms with van der Waals surface area (Å²) in [5.41, 5.74) is 2.55. The highest BCUT2D eigenvalue weighted by Crippen LogP contribution is 2.35. The Labute approximate surface area is 101 Å². The van der Waals surface area contributed by atoms with Crippen molar-refractivity contribution in [3.63, 3.8) is 0 Å². The molecule has 0 aromatic carbocycles. The minimum Gasteiger partial charge on any atom is -0.466 e. The second kappa shape index (κ2) is 4.62. The molecule has 1 aliphatic carbocycles. The number of carbonyl (C=O) groups excluding carboxylic acids is 1. The number of fused-ring (bicyclic) bond motifs is 1. The molecule has 1 aromatic rings. The molecule has 1 unspecified atom stereocenters. The average molecular weight is 231 g/mol. The molecule has 1 heterocycles. The highest BCUT2D eigenvalue weighted by Gasteiger charge is 2.27. The summed E-state index contributed by atoms with van der Waals surface area (Å²) in [5.74, 6) is -0.303. The van der Waals surface area contributed by atoms with E-state index in [-0.39, 0.29) is 11.4 Å². The molecule has 1 N–H and O–H groups in total. The average Bonchev–Trinajstić information content (AvgIpc) is 2.79. The first-order valence-corrected chi connectivity index (χ1v) is 5.74. The van der Waals surface area contributed by atoms with Gasteiger partial charge in [-0.05, 0) is 18.1 Å². The number of esters is 1. The van der Waals surface area contributed by atoms with Crippen molar-refractivity contribution in [3.8, 4) is 0 Å². The van der Waals surface area contributed by atoms with Gasteiger partial charge in [-0.3, -0.25) is 0 Å². The predicted octanol–water partition coefficient (Wildman–Crippen LogP) is 2.50. The number of aromatic amines is 1. The van der Waals surface area contributed by atoms with Gasteiger partial charge in [-0.15, -0.1) is 0 Å². The van der Waals surface area contributed by atoms with E-state index in [0.717, 1.165) is 12.8 Å². The molecule has 0 amide bonds. The van der Waals surface area contributed by atoms with Gasteiger partial charge in [0.15, 0.2) is 0 Å². The first-order chi connectivity index (χ1) is 8.15. The number of ether oxygens (including phenoxy) is 1. The maximum absolute atomic E-state index is 11.0. The van der Waals surface area contributed by atoms with E-state index in [2.05, 4.69) is 34.9 Å². The molecule has 2 rings (SSSR count). The van der Waals surface area contributed by atoms with E-state index >= 15 is 0 Å². The Kier molecular flexibility index (Phi) is 3.18. The van der Waals surface area contributed by atoms with E-state index in [1.54, 1.807) is 0 Å². The quantitative estimate of drug-likeness (QED) is 0.493. The van der Waals surface area contributed by atoms with E-state index in [4.69, 9.17) is 0 Å². The summed E-state index contributed by atoms with van der Waals surface area (Å²) < 4.78 is 4.58. The van der Waals surface area contributed by atoms with Crippen LogP contribution < -0.4 is 0 Å². The standard InChI is InChI=1S/C14H17NO2/c1-14(9-4-6-13(16)17-2)8-3-5-12-11(14)7-10-15-12/h3-4,6-8,10,15H,5,9H2,1-2H3/b6-4+. The fourth-order valence-electron chi connectivity index (χ4n) is 2.28. The van der Waals surface area contributed by atoms with E-state index < -0.39 is 0 Å². The van der Waals surface area contributed by atoms with Gasteiger partial charge < -0.3 is 9.72 Å². The first-order valence-electron chi connectivity index (χ1n) is 5.74. The Morgan fingerprint density at radius 3 is 3.24 bits per heavy atom. The number of H-pyrrole nitrogens is 1. The molecule has 0 radical (unpaired) electrons. The summed E-state index contributed by atoms with van der Waals surface area (Å²) in [6, 6.07) is 2.12. The van der Waals surface area contributed by atoms with Crippen molar-refractivity contribution < 1.29 is 9.53 Å². The lowest BCUT2D eigenvalue weighted by atomic mass is 9.76. The summed E-state index contributed by atoms with van der Waals surface area (Å²) in [7, 11) is 1.39. The molecule has 0 saturated heterocycles. The van der Waals surface area contributed by atoms with E-state index in [1.165, 1.54) is 24.4 Å². The molecule has 1 atom stereocenters. The third-order valence-electron chi connectivity index (χ3n) is 3.25. The van der Waals surface area contributed by atoms with Gasteiger partial charge in [-0.2, -0.15) is 0 Å². The molecule has 0 spiro atoms. The van der Waals surface area contributed by atoms with Gasteiger partial charge in [0.1, 0.15) is 0 Å². The molecule has 3 nitrogen and oxygen atoms in total. The number of nitrogens with one attached hydrogen (secondary N) is 1. The van der Waals surface area contributed by atoms with Crippen LogP contribution in [-0.4, -0.2) is 18.1 Å². The van der Waals surface area contributed by atoms with Crippen LogP contribution in [0.2, 0.25) is 0 Å². The second-order valence-corrected chi connectivity index (χ2v) is 4.52. The molecule has 0 bridgehead atoms. The minimum atomic E-state index is -0.303. The minimum absolute atomic E-state index is 0.0297. The van der Waals surface area contributed by atoms with Gasteiger partial charge >= 0.3 is 5.97 Å². The summed E-state index contributed by atoms with van der Waals surface area (Å²) in [6.45, 7) is 2.18. The third kappa shape index (κ3) is 2.33. The fourth-order valence-corrected chi connectivity index (χ4v) is 2.28. The number of hydrogen-bond acceptors (Lipinski definition) is 2. The fraction of sp³-hybridized carbons (Fsp3) is 0.357. The summed E-state index contributed by atoms with van der Waals surface area (Å²) >= 11 is 0. The first kappa shape index (κ1) is 11.7. The smallest absolute Gasteiger partial charge is 0.330 e. The highest BCUT2D eigenvalue weighted by atomic mass is 16.5. The second-order valence-electron chi connectivity index (χ2n) is 4.52. The Morgan fingerprint density at radius 1 is 1.65 bits per heavy atom.